The van der Waals surface area contributed by atoms with Crippen molar-refractivity contribution in [3.63, 3.8) is 0 Å². The van der Waals surface area contributed by atoms with Gasteiger partial charge in [-0.05, 0) is 62.9 Å². The van der Waals surface area contributed by atoms with Crippen molar-refractivity contribution in [2.45, 2.75) is 33.1 Å². The molecule has 6 rings (SSSR count). The highest BCUT2D eigenvalue weighted by Crippen LogP contribution is 2.40. The summed E-state index contributed by atoms with van der Waals surface area (Å²) < 4.78 is 14.6. The Balaban J connectivity index is 1.75. The Hall–Kier alpha value is -4.39. The van der Waals surface area contributed by atoms with E-state index >= 15 is 0 Å². The zero-order valence-corrected chi connectivity index (χ0v) is 22.2. The van der Waals surface area contributed by atoms with Crippen molar-refractivity contribution in [2.75, 3.05) is 31.1 Å². The fourth-order valence-corrected chi connectivity index (χ4v) is 5.83. The first kappa shape index (κ1) is 24.9. The van der Waals surface area contributed by atoms with Gasteiger partial charge < -0.3 is 18.8 Å². The summed E-state index contributed by atoms with van der Waals surface area (Å²) in [6.07, 6.45) is 3.52. The fourth-order valence-electron chi connectivity index (χ4n) is 5.83. The monoisotopic (exact) mass is 523 g/mol. The molecule has 0 atom stereocenters. The molecule has 5 aromatic rings. The number of benzene rings is 3. The highest BCUT2D eigenvalue weighted by Gasteiger charge is 2.23. The number of piperidine rings is 1. The van der Waals surface area contributed by atoms with Crippen molar-refractivity contribution < 1.29 is 18.7 Å². The Morgan fingerprint density at radius 1 is 0.897 bits per heavy atom. The van der Waals surface area contributed by atoms with Gasteiger partial charge in [0.1, 0.15) is 29.6 Å². The van der Waals surface area contributed by atoms with Crippen LogP contribution in [-0.4, -0.2) is 37.3 Å². The standard InChI is InChI=1S/C32H30N2O5/c1-3-33(4-2)20-13-15-25-27(18-20)39-32(37)29-28(22-10-6-7-11-23(22)31(35)36)24-14-12-21(19-26(24)38-30(25)29)34-16-8-5-9-17-34/h6-7,10-15,18-19H,3-5,8-9,16-17H2,1-2H3/p+1. The Labute approximate surface area is 225 Å². The Morgan fingerprint density at radius 2 is 1.62 bits per heavy atom. The predicted octanol–water partition coefficient (Wildman–Crippen LogP) is 5.86. The second-order valence-electron chi connectivity index (χ2n) is 10.0. The van der Waals surface area contributed by atoms with Gasteiger partial charge in [-0.2, -0.15) is 0 Å². The fraction of sp³-hybridized carbons (Fsp3) is 0.281. The Bertz CT molecular complexity index is 1870. The first-order chi connectivity index (χ1) is 19.0. The summed E-state index contributed by atoms with van der Waals surface area (Å²) in [4.78, 5) is 28.2. The highest BCUT2D eigenvalue weighted by atomic mass is 16.4. The van der Waals surface area contributed by atoms with E-state index in [1.165, 1.54) is 6.42 Å². The minimum absolute atomic E-state index is 0.114. The maximum Gasteiger partial charge on any atom is 0.348 e. The van der Waals surface area contributed by atoms with E-state index in [0.717, 1.165) is 50.1 Å². The van der Waals surface area contributed by atoms with Crippen molar-refractivity contribution in [3.8, 4) is 11.1 Å². The van der Waals surface area contributed by atoms with Crippen LogP contribution >= 0.6 is 0 Å². The third-order valence-electron chi connectivity index (χ3n) is 7.82. The van der Waals surface area contributed by atoms with E-state index in [9.17, 15) is 14.7 Å². The van der Waals surface area contributed by atoms with Gasteiger partial charge in [0.15, 0.2) is 5.58 Å². The van der Waals surface area contributed by atoms with Crippen molar-refractivity contribution in [3.05, 3.63) is 82.0 Å². The third kappa shape index (κ3) is 4.28. The molecule has 39 heavy (non-hydrogen) atoms. The highest BCUT2D eigenvalue weighted by molar-refractivity contribution is 6.16. The second kappa shape index (κ2) is 10.1. The third-order valence-corrected chi connectivity index (χ3v) is 7.82. The van der Waals surface area contributed by atoms with E-state index in [2.05, 4.69) is 23.3 Å². The lowest BCUT2D eigenvalue weighted by Gasteiger charge is -2.29. The van der Waals surface area contributed by atoms with Gasteiger partial charge in [-0.1, -0.05) is 18.2 Å². The maximum absolute atomic E-state index is 13.7. The van der Waals surface area contributed by atoms with Gasteiger partial charge in [0.2, 0.25) is 5.36 Å². The van der Waals surface area contributed by atoms with Crippen molar-refractivity contribution in [1.29, 1.82) is 0 Å². The molecule has 1 saturated heterocycles. The van der Waals surface area contributed by atoms with Crippen molar-refractivity contribution >= 4 is 44.6 Å². The molecule has 1 fully saturated rings. The number of nitrogens with zero attached hydrogens (tertiary/aromatic N) is 2. The second-order valence-corrected chi connectivity index (χ2v) is 10.0. The average molecular weight is 524 g/mol. The summed E-state index contributed by atoms with van der Waals surface area (Å²) in [5.41, 5.74) is 3.00. The number of aromatic carboxylic acids is 1. The normalized spacial score (nSPS) is 13.8. The van der Waals surface area contributed by atoms with Gasteiger partial charge in [0.05, 0.1) is 17.0 Å². The molecular weight excluding hydrogens is 492 g/mol. The minimum atomic E-state index is -1.06. The average Bonchev–Trinajstić information content (AvgIpc) is 2.97. The van der Waals surface area contributed by atoms with Crippen LogP contribution in [0.5, 0.6) is 0 Å². The maximum atomic E-state index is 13.7. The largest absolute Gasteiger partial charge is 0.478 e. The van der Waals surface area contributed by atoms with Gasteiger partial charge in [-0.15, -0.1) is 0 Å². The number of fused-ring (bicyclic) bond motifs is 4. The first-order valence-corrected chi connectivity index (χ1v) is 13.6. The number of carboxylic acids is 1. The van der Waals surface area contributed by atoms with Crippen LogP contribution in [0.2, 0.25) is 0 Å². The van der Waals surface area contributed by atoms with Crippen LogP contribution in [0.15, 0.2) is 74.3 Å². The van der Waals surface area contributed by atoms with Gasteiger partial charge in [-0.3, -0.25) is 0 Å². The molecule has 0 aliphatic carbocycles. The summed E-state index contributed by atoms with van der Waals surface area (Å²) in [5.74, 6) is -1.06. The molecule has 0 amide bonds. The van der Waals surface area contributed by atoms with Crippen LogP contribution in [0.4, 0.5) is 5.69 Å². The van der Waals surface area contributed by atoms with E-state index in [1.807, 2.05) is 36.4 Å². The van der Waals surface area contributed by atoms with Crippen molar-refractivity contribution in [2.24, 2.45) is 0 Å². The molecule has 0 radical (unpaired) electrons. The summed E-state index contributed by atoms with van der Waals surface area (Å²) in [5, 5.41) is 12.6. The molecule has 0 spiro atoms. The number of rotatable bonds is 5. The van der Waals surface area contributed by atoms with Crippen LogP contribution in [-0.2, 0) is 0 Å². The molecule has 2 aromatic heterocycles. The molecule has 198 valence electrons. The van der Waals surface area contributed by atoms with E-state index < -0.39 is 11.6 Å². The van der Waals surface area contributed by atoms with E-state index in [1.54, 1.807) is 24.3 Å². The molecular formula is C32H31N2O5+. The van der Waals surface area contributed by atoms with Gasteiger partial charge in [-0.25, -0.2) is 14.2 Å². The molecule has 0 saturated carbocycles. The van der Waals surface area contributed by atoms with Crippen molar-refractivity contribution in [1.82, 2.24) is 4.58 Å². The van der Waals surface area contributed by atoms with Crippen LogP contribution in [0, 0.1) is 0 Å². The summed E-state index contributed by atoms with van der Waals surface area (Å²) >= 11 is 0. The SMILES string of the molecule is CC[N+](CC)=c1ccc2c(c1)oc(=O)c1c(-c3ccccc3C(=O)O)c3ccc(N4CCCCC4)cc3oc12. The minimum Gasteiger partial charge on any atom is -0.478 e. The smallest absolute Gasteiger partial charge is 0.348 e. The molecule has 1 aliphatic heterocycles. The number of carboxylic acid groups (broad SMARTS) is 1. The predicted molar refractivity (Wildman–Crippen MR) is 155 cm³/mol. The summed E-state index contributed by atoms with van der Waals surface area (Å²) in [6.45, 7) is 7.77. The lowest BCUT2D eigenvalue weighted by molar-refractivity contribution is 0.0697. The molecule has 0 unspecified atom stereocenters. The molecule has 3 heterocycles. The lowest BCUT2D eigenvalue weighted by atomic mass is 9.93. The van der Waals surface area contributed by atoms with Crippen LogP contribution in [0.25, 0.3) is 44.0 Å². The first-order valence-electron chi connectivity index (χ1n) is 13.6. The van der Waals surface area contributed by atoms with Crippen LogP contribution < -0.4 is 20.5 Å². The molecule has 7 nitrogen and oxygen atoms in total. The van der Waals surface area contributed by atoms with Crippen LogP contribution in [0.3, 0.4) is 0 Å². The Morgan fingerprint density at radius 3 is 2.36 bits per heavy atom. The zero-order valence-electron chi connectivity index (χ0n) is 22.2. The van der Waals surface area contributed by atoms with Gasteiger partial charge >= 0.3 is 11.6 Å². The molecule has 7 heteroatoms. The molecule has 3 aromatic carbocycles. The number of hydrogen-bond acceptors (Lipinski definition) is 5. The molecule has 1 N–H and O–H groups in total. The molecule has 1 aliphatic rings. The summed E-state index contributed by atoms with van der Waals surface area (Å²) in [7, 11) is 0. The van der Waals surface area contributed by atoms with Gasteiger partial charge in [0.25, 0.3) is 0 Å². The quantitative estimate of drug-likeness (QED) is 0.134. The van der Waals surface area contributed by atoms with Crippen LogP contribution in [0.1, 0.15) is 43.5 Å². The number of hydrogen-bond donors (Lipinski definition) is 1. The topological polar surface area (TPSA) is 86.9 Å². The van der Waals surface area contributed by atoms with E-state index in [0.29, 0.717) is 38.6 Å². The zero-order chi connectivity index (χ0) is 27.1. The van der Waals surface area contributed by atoms with E-state index in [-0.39, 0.29) is 10.9 Å². The number of carbonyl (C=O) groups is 1. The van der Waals surface area contributed by atoms with E-state index in [4.69, 9.17) is 8.83 Å². The number of anilines is 1. The molecule has 0 bridgehead atoms. The Kier molecular flexibility index (Phi) is 6.43. The summed E-state index contributed by atoms with van der Waals surface area (Å²) in [6, 6.07) is 18.5. The van der Waals surface area contributed by atoms with Gasteiger partial charge in [0, 0.05) is 41.9 Å². The lowest BCUT2D eigenvalue weighted by Crippen LogP contribution is -2.29.